The minimum atomic E-state index is 0.101. The molecule has 0 aliphatic carbocycles. The smallest absolute Gasteiger partial charge is 0.152 e. The minimum absolute atomic E-state index is 0.101. The van der Waals surface area contributed by atoms with Crippen LogP contribution in [0.1, 0.15) is 13.3 Å². The Morgan fingerprint density at radius 3 is 2.93 bits per heavy atom. The summed E-state index contributed by atoms with van der Waals surface area (Å²) < 4.78 is 11.7. The topological polar surface area (TPSA) is 71.2 Å². The van der Waals surface area contributed by atoms with Crippen LogP contribution in [-0.2, 0) is 4.74 Å². The predicted molar refractivity (Wildman–Crippen MR) is 109 cm³/mol. The number of thiophene rings is 1. The second-order valence-corrected chi connectivity index (χ2v) is 7.44. The van der Waals surface area contributed by atoms with E-state index in [2.05, 4.69) is 39.2 Å². The fourth-order valence-electron chi connectivity index (χ4n) is 3.16. The number of hydrogen-bond donors (Lipinski definition) is 3. The summed E-state index contributed by atoms with van der Waals surface area (Å²) in [5.41, 5.74) is 1.99. The van der Waals surface area contributed by atoms with Gasteiger partial charge in [0.1, 0.15) is 11.9 Å². The molecule has 6 nitrogen and oxygen atoms in total. The van der Waals surface area contributed by atoms with E-state index in [1.165, 1.54) is 4.88 Å². The molecule has 142 valence electrons. The van der Waals surface area contributed by atoms with Gasteiger partial charge in [-0.2, -0.15) is 5.10 Å². The van der Waals surface area contributed by atoms with Gasteiger partial charge in [-0.3, -0.25) is 5.10 Å². The Bertz CT molecular complexity index is 826. The van der Waals surface area contributed by atoms with Gasteiger partial charge in [0.25, 0.3) is 0 Å². The number of H-pyrrole nitrogens is 1. The number of aromatic amines is 1. The van der Waals surface area contributed by atoms with Gasteiger partial charge in [-0.25, -0.2) is 0 Å². The number of aromatic nitrogens is 2. The van der Waals surface area contributed by atoms with Crippen molar-refractivity contribution in [3.63, 3.8) is 0 Å². The number of nitrogens with zero attached hydrogens (tertiary/aromatic N) is 1. The molecule has 2 unspecified atom stereocenters. The van der Waals surface area contributed by atoms with Gasteiger partial charge < -0.3 is 20.1 Å². The number of hydrogen-bond acceptors (Lipinski definition) is 6. The highest BCUT2D eigenvalue weighted by Crippen LogP contribution is 2.26. The van der Waals surface area contributed by atoms with Crippen molar-refractivity contribution in [1.82, 2.24) is 15.5 Å². The number of rotatable bonds is 7. The van der Waals surface area contributed by atoms with Crippen molar-refractivity contribution in [2.75, 3.05) is 25.1 Å². The average Bonchev–Trinajstić information content (AvgIpc) is 3.40. The summed E-state index contributed by atoms with van der Waals surface area (Å²) in [5, 5.41) is 16.2. The summed E-state index contributed by atoms with van der Waals surface area (Å²) in [7, 11) is 0. The van der Waals surface area contributed by atoms with Crippen LogP contribution < -0.4 is 15.4 Å². The fourth-order valence-corrected chi connectivity index (χ4v) is 3.85. The van der Waals surface area contributed by atoms with Crippen LogP contribution in [0.4, 0.5) is 11.5 Å². The molecule has 1 aliphatic rings. The quantitative estimate of drug-likeness (QED) is 0.574. The number of benzene rings is 1. The Morgan fingerprint density at radius 2 is 2.22 bits per heavy atom. The molecule has 1 aromatic carbocycles. The third-order valence-corrected chi connectivity index (χ3v) is 5.48. The Labute approximate surface area is 162 Å². The maximum absolute atomic E-state index is 6.17. The molecule has 1 fully saturated rings. The SMILES string of the molecule is CCC(Oc1ccc(Nc2cc(-c3cccs3)[nH]n2)cc1)C1COCCN1. The van der Waals surface area contributed by atoms with Gasteiger partial charge in [-0.05, 0) is 42.1 Å². The maximum atomic E-state index is 6.17. The van der Waals surface area contributed by atoms with E-state index in [0.717, 1.165) is 42.5 Å². The Balaban J connectivity index is 1.37. The molecule has 2 atom stereocenters. The predicted octanol–water partition coefficient (Wildman–Crippen LogP) is 4.03. The van der Waals surface area contributed by atoms with Crippen LogP contribution in [0, 0.1) is 0 Å². The molecule has 0 saturated carbocycles. The van der Waals surface area contributed by atoms with E-state index in [9.17, 15) is 0 Å². The molecule has 27 heavy (non-hydrogen) atoms. The summed E-state index contributed by atoms with van der Waals surface area (Å²) >= 11 is 1.69. The van der Waals surface area contributed by atoms with Gasteiger partial charge in [0.15, 0.2) is 5.82 Å². The standard InChI is InChI=1S/C20H24N4O2S/c1-2-18(17-13-25-10-9-21-17)26-15-7-5-14(6-8-15)22-20-12-16(23-24-20)19-4-3-11-27-19/h3-8,11-12,17-18,21H,2,9-10,13H2,1H3,(H2,22,23,24). The van der Waals surface area contributed by atoms with Crippen molar-refractivity contribution in [3.8, 4) is 16.3 Å². The van der Waals surface area contributed by atoms with Crippen LogP contribution in [0.5, 0.6) is 5.75 Å². The first-order chi connectivity index (χ1) is 13.3. The van der Waals surface area contributed by atoms with Gasteiger partial charge in [0.2, 0.25) is 0 Å². The van der Waals surface area contributed by atoms with Crippen molar-refractivity contribution < 1.29 is 9.47 Å². The monoisotopic (exact) mass is 384 g/mol. The highest BCUT2D eigenvalue weighted by atomic mass is 32.1. The molecule has 3 heterocycles. The van der Waals surface area contributed by atoms with Crippen LogP contribution >= 0.6 is 11.3 Å². The zero-order chi connectivity index (χ0) is 18.5. The molecule has 4 rings (SSSR count). The van der Waals surface area contributed by atoms with Gasteiger partial charge in [0.05, 0.1) is 29.8 Å². The van der Waals surface area contributed by atoms with E-state index in [1.54, 1.807) is 11.3 Å². The van der Waals surface area contributed by atoms with Crippen LogP contribution in [0.15, 0.2) is 47.8 Å². The Morgan fingerprint density at radius 1 is 1.33 bits per heavy atom. The third kappa shape index (κ3) is 4.50. The van der Waals surface area contributed by atoms with E-state index in [1.807, 2.05) is 36.4 Å². The molecule has 3 aromatic rings. The summed E-state index contributed by atoms with van der Waals surface area (Å²) in [6.45, 7) is 4.49. The van der Waals surface area contributed by atoms with Crippen LogP contribution in [-0.4, -0.2) is 42.1 Å². The van der Waals surface area contributed by atoms with E-state index >= 15 is 0 Å². The van der Waals surface area contributed by atoms with Gasteiger partial charge >= 0.3 is 0 Å². The van der Waals surface area contributed by atoms with Crippen molar-refractivity contribution >= 4 is 22.8 Å². The molecule has 1 saturated heterocycles. The molecule has 0 amide bonds. The van der Waals surface area contributed by atoms with Gasteiger partial charge in [-0.15, -0.1) is 11.3 Å². The van der Waals surface area contributed by atoms with E-state index in [4.69, 9.17) is 9.47 Å². The minimum Gasteiger partial charge on any atom is -0.489 e. The molecule has 0 spiro atoms. The van der Waals surface area contributed by atoms with Gasteiger partial charge in [-0.1, -0.05) is 13.0 Å². The highest BCUT2D eigenvalue weighted by Gasteiger charge is 2.24. The largest absolute Gasteiger partial charge is 0.489 e. The lowest BCUT2D eigenvalue weighted by atomic mass is 10.1. The molecule has 0 bridgehead atoms. The highest BCUT2D eigenvalue weighted by molar-refractivity contribution is 7.13. The fraction of sp³-hybridized carbons (Fsp3) is 0.350. The molecular weight excluding hydrogens is 360 g/mol. The zero-order valence-corrected chi connectivity index (χ0v) is 16.1. The van der Waals surface area contributed by atoms with Crippen molar-refractivity contribution in [3.05, 3.63) is 47.8 Å². The summed E-state index contributed by atoms with van der Waals surface area (Å²) in [6, 6.07) is 14.3. The number of ether oxygens (including phenoxy) is 2. The average molecular weight is 385 g/mol. The second-order valence-electron chi connectivity index (χ2n) is 6.49. The maximum Gasteiger partial charge on any atom is 0.152 e. The molecule has 0 radical (unpaired) electrons. The molecule has 1 aliphatic heterocycles. The van der Waals surface area contributed by atoms with Crippen LogP contribution in [0.3, 0.4) is 0 Å². The van der Waals surface area contributed by atoms with Crippen molar-refractivity contribution in [2.45, 2.75) is 25.5 Å². The Kier molecular flexibility index (Phi) is 5.72. The first kappa shape index (κ1) is 18.0. The van der Waals surface area contributed by atoms with Crippen molar-refractivity contribution in [2.24, 2.45) is 0 Å². The van der Waals surface area contributed by atoms with E-state index < -0.39 is 0 Å². The number of morpholine rings is 1. The lowest BCUT2D eigenvalue weighted by Crippen LogP contribution is -2.50. The first-order valence-corrected chi connectivity index (χ1v) is 10.1. The van der Waals surface area contributed by atoms with Crippen LogP contribution in [0.25, 0.3) is 10.6 Å². The second kappa shape index (κ2) is 8.56. The lowest BCUT2D eigenvalue weighted by molar-refractivity contribution is 0.0267. The van der Waals surface area contributed by atoms with E-state index in [0.29, 0.717) is 6.61 Å². The lowest BCUT2D eigenvalue weighted by Gasteiger charge is -2.31. The number of nitrogens with one attached hydrogen (secondary N) is 3. The van der Waals surface area contributed by atoms with Gasteiger partial charge in [0, 0.05) is 18.3 Å². The first-order valence-electron chi connectivity index (χ1n) is 9.26. The third-order valence-electron chi connectivity index (χ3n) is 4.58. The summed E-state index contributed by atoms with van der Waals surface area (Å²) in [6.07, 6.45) is 1.03. The summed E-state index contributed by atoms with van der Waals surface area (Å²) in [4.78, 5) is 1.17. The Hall–Kier alpha value is -2.35. The normalized spacial score (nSPS) is 18.2. The number of anilines is 2. The molecular formula is C20H24N4O2S. The zero-order valence-electron chi connectivity index (χ0n) is 15.3. The van der Waals surface area contributed by atoms with E-state index in [-0.39, 0.29) is 12.1 Å². The molecule has 3 N–H and O–H groups in total. The van der Waals surface area contributed by atoms with Crippen LogP contribution in [0.2, 0.25) is 0 Å². The molecule has 7 heteroatoms. The van der Waals surface area contributed by atoms with Crippen molar-refractivity contribution in [1.29, 1.82) is 0 Å². The summed E-state index contributed by atoms with van der Waals surface area (Å²) in [5.74, 6) is 1.66. The molecule has 2 aromatic heterocycles.